The zero-order valence-corrected chi connectivity index (χ0v) is 11.4. The van der Waals surface area contributed by atoms with Crippen LogP contribution in [0.5, 0.6) is 5.75 Å². The predicted molar refractivity (Wildman–Crippen MR) is 82.9 cm³/mol. The van der Waals surface area contributed by atoms with Crippen LogP contribution in [0.4, 0.5) is 0 Å². The zero-order chi connectivity index (χ0) is 15.0. The summed E-state index contributed by atoms with van der Waals surface area (Å²) in [6, 6.07) is 6.03. The monoisotopic (exact) mass is 303 g/mol. The van der Waals surface area contributed by atoms with E-state index in [2.05, 4.69) is 0 Å². The summed E-state index contributed by atoms with van der Waals surface area (Å²) in [5.74, 6) is -2.94. The minimum absolute atomic E-state index is 0. The van der Waals surface area contributed by atoms with E-state index in [4.69, 9.17) is 5.73 Å². The number of hydrogen-bond donors (Lipinski definition) is 3. The minimum atomic E-state index is -1.14. The zero-order valence-electron chi connectivity index (χ0n) is 11.4. The maximum atomic E-state index is 12.2. The number of carboxylic acid groups (broad SMARTS) is 1. The third-order valence-corrected chi connectivity index (χ3v) is 3.23. The standard InChI is InChI=1S/C15H21NO4.Na.H/c16-10-6-2-1-3-8-12(15(19)20)14(18)11-7-4-5-9-13(11)17;;/h4-5,7,9,12,17H,1-3,6,8,10,16H2,(H,19,20);;. The Morgan fingerprint density at radius 3 is 2.29 bits per heavy atom. The summed E-state index contributed by atoms with van der Waals surface area (Å²) in [6.45, 7) is 0.624. The van der Waals surface area contributed by atoms with Gasteiger partial charge in [0.25, 0.3) is 0 Å². The SMILES string of the molecule is NCCCCCCC(C(=O)O)C(=O)c1ccccc1O.[NaH]. The molecule has 0 aliphatic carbocycles. The predicted octanol–water partition coefficient (Wildman–Crippen LogP) is 1.54. The van der Waals surface area contributed by atoms with Crippen molar-refractivity contribution in [2.45, 2.75) is 32.1 Å². The van der Waals surface area contributed by atoms with E-state index in [-0.39, 0.29) is 47.3 Å². The number of nitrogens with two attached hydrogens (primary N) is 1. The van der Waals surface area contributed by atoms with Crippen LogP contribution in [0, 0.1) is 5.92 Å². The van der Waals surface area contributed by atoms with Crippen LogP contribution in [-0.2, 0) is 4.79 Å². The van der Waals surface area contributed by atoms with Crippen molar-refractivity contribution in [1.29, 1.82) is 0 Å². The van der Waals surface area contributed by atoms with Gasteiger partial charge in [-0.1, -0.05) is 31.4 Å². The van der Waals surface area contributed by atoms with E-state index < -0.39 is 17.7 Å². The van der Waals surface area contributed by atoms with Crippen LogP contribution in [0.1, 0.15) is 42.5 Å². The van der Waals surface area contributed by atoms with Gasteiger partial charge in [-0.25, -0.2) is 0 Å². The van der Waals surface area contributed by atoms with Crippen molar-refractivity contribution < 1.29 is 19.8 Å². The molecule has 1 rings (SSSR count). The number of para-hydroxylation sites is 1. The first kappa shape index (κ1) is 20.1. The Labute approximate surface area is 146 Å². The van der Waals surface area contributed by atoms with E-state index in [0.717, 1.165) is 19.3 Å². The second kappa shape index (κ2) is 10.8. The fourth-order valence-corrected chi connectivity index (χ4v) is 2.08. The normalized spacial score (nSPS) is 11.5. The molecule has 0 aromatic heterocycles. The van der Waals surface area contributed by atoms with E-state index in [9.17, 15) is 19.8 Å². The Kier molecular flexibility index (Phi) is 10.3. The summed E-state index contributed by atoms with van der Waals surface area (Å²) < 4.78 is 0. The van der Waals surface area contributed by atoms with Gasteiger partial charge in [0.1, 0.15) is 11.7 Å². The van der Waals surface area contributed by atoms with Gasteiger partial charge < -0.3 is 15.9 Å². The van der Waals surface area contributed by atoms with Gasteiger partial charge in [0, 0.05) is 0 Å². The number of Topliss-reactive ketones (excluding diaryl/α,β-unsaturated/α-hetero) is 1. The van der Waals surface area contributed by atoms with Gasteiger partial charge in [-0.2, -0.15) is 0 Å². The van der Waals surface area contributed by atoms with Crippen molar-refractivity contribution in [2.24, 2.45) is 11.7 Å². The van der Waals surface area contributed by atoms with Gasteiger partial charge in [0.05, 0.1) is 5.56 Å². The number of phenolic OH excluding ortho intramolecular Hbond substituents is 1. The van der Waals surface area contributed by atoms with Crippen LogP contribution in [0.2, 0.25) is 0 Å². The molecule has 21 heavy (non-hydrogen) atoms. The van der Waals surface area contributed by atoms with Gasteiger partial charge in [-0.3, -0.25) is 9.59 Å². The summed E-state index contributed by atoms with van der Waals surface area (Å²) in [6.07, 6.45) is 3.65. The Balaban J connectivity index is 0.00000400. The van der Waals surface area contributed by atoms with Crippen LogP contribution in [0.3, 0.4) is 0 Å². The molecule has 0 fully saturated rings. The van der Waals surface area contributed by atoms with E-state index in [1.807, 2.05) is 0 Å². The van der Waals surface area contributed by atoms with Crippen molar-refractivity contribution in [3.63, 3.8) is 0 Å². The van der Waals surface area contributed by atoms with Gasteiger partial charge in [0.2, 0.25) is 0 Å². The number of rotatable bonds is 9. The number of carbonyl (C=O) groups excluding carboxylic acids is 1. The Hall–Kier alpha value is -0.880. The molecule has 6 heteroatoms. The third-order valence-electron chi connectivity index (χ3n) is 3.23. The van der Waals surface area contributed by atoms with Crippen molar-refractivity contribution >= 4 is 41.3 Å². The molecule has 1 unspecified atom stereocenters. The Morgan fingerprint density at radius 1 is 1.10 bits per heavy atom. The summed E-state index contributed by atoms with van der Waals surface area (Å²) in [4.78, 5) is 23.4. The molecule has 0 aliphatic heterocycles. The molecule has 5 nitrogen and oxygen atoms in total. The number of unbranched alkanes of at least 4 members (excludes halogenated alkanes) is 3. The molecular formula is C15H22NNaO4. The second-order valence-electron chi connectivity index (χ2n) is 4.76. The van der Waals surface area contributed by atoms with E-state index >= 15 is 0 Å². The van der Waals surface area contributed by atoms with Crippen molar-refractivity contribution in [1.82, 2.24) is 0 Å². The fraction of sp³-hybridized carbons (Fsp3) is 0.467. The quantitative estimate of drug-likeness (QED) is 0.278. The molecule has 0 spiro atoms. The first-order chi connectivity index (χ1) is 9.57. The summed E-state index contributed by atoms with van der Waals surface area (Å²) >= 11 is 0. The molecule has 0 amide bonds. The van der Waals surface area contributed by atoms with Gasteiger partial charge in [-0.15, -0.1) is 0 Å². The number of aromatic hydroxyl groups is 1. The average molecular weight is 303 g/mol. The van der Waals surface area contributed by atoms with Gasteiger partial charge in [-0.05, 0) is 31.5 Å². The van der Waals surface area contributed by atoms with Crippen molar-refractivity contribution in [3.05, 3.63) is 29.8 Å². The number of carboxylic acids is 1. The molecule has 1 atom stereocenters. The molecule has 0 radical (unpaired) electrons. The Morgan fingerprint density at radius 2 is 1.71 bits per heavy atom. The topological polar surface area (TPSA) is 101 Å². The summed E-state index contributed by atoms with van der Waals surface area (Å²) in [5.41, 5.74) is 5.45. The number of hydrogen-bond acceptors (Lipinski definition) is 4. The number of phenols is 1. The van der Waals surface area contributed by atoms with Crippen LogP contribution in [0.25, 0.3) is 0 Å². The molecule has 0 heterocycles. The van der Waals surface area contributed by atoms with Gasteiger partial charge in [0.15, 0.2) is 5.78 Å². The van der Waals surface area contributed by atoms with Crippen LogP contribution >= 0.6 is 0 Å². The van der Waals surface area contributed by atoms with E-state index in [0.29, 0.717) is 13.0 Å². The van der Waals surface area contributed by atoms with Crippen LogP contribution in [0.15, 0.2) is 24.3 Å². The summed E-state index contributed by atoms with van der Waals surface area (Å²) in [5, 5.41) is 18.8. The second-order valence-corrected chi connectivity index (χ2v) is 4.76. The van der Waals surface area contributed by atoms with E-state index in [1.54, 1.807) is 12.1 Å². The molecular weight excluding hydrogens is 281 g/mol. The number of aliphatic carboxylic acids is 1. The molecule has 0 saturated carbocycles. The van der Waals surface area contributed by atoms with E-state index in [1.165, 1.54) is 12.1 Å². The van der Waals surface area contributed by atoms with Crippen molar-refractivity contribution in [2.75, 3.05) is 6.54 Å². The summed E-state index contributed by atoms with van der Waals surface area (Å²) in [7, 11) is 0. The first-order valence-electron chi connectivity index (χ1n) is 6.83. The van der Waals surface area contributed by atoms with Crippen LogP contribution in [-0.4, -0.2) is 58.1 Å². The molecule has 4 N–H and O–H groups in total. The fourth-order valence-electron chi connectivity index (χ4n) is 2.08. The number of ketones is 1. The average Bonchev–Trinajstić information content (AvgIpc) is 2.42. The molecule has 1 aromatic rings. The molecule has 0 saturated heterocycles. The van der Waals surface area contributed by atoms with Crippen LogP contribution < -0.4 is 5.73 Å². The molecule has 0 aliphatic rings. The Bertz CT molecular complexity index is 465. The molecule has 112 valence electrons. The third kappa shape index (κ3) is 6.61. The number of benzene rings is 1. The molecule has 1 aromatic carbocycles. The maximum absolute atomic E-state index is 12.2. The van der Waals surface area contributed by atoms with Gasteiger partial charge >= 0.3 is 35.5 Å². The first-order valence-corrected chi connectivity index (χ1v) is 6.83. The molecule has 0 bridgehead atoms. The van der Waals surface area contributed by atoms with Crippen molar-refractivity contribution in [3.8, 4) is 5.75 Å². The number of carbonyl (C=O) groups is 2.